The Morgan fingerprint density at radius 2 is 1.24 bits per heavy atom. The third-order valence-electron chi connectivity index (χ3n) is 6.73. The van der Waals surface area contributed by atoms with E-state index in [1.54, 1.807) is 0 Å². The fourth-order valence-electron chi connectivity index (χ4n) is 4.33. The molecule has 0 bridgehead atoms. The molecule has 0 aromatic heterocycles. The summed E-state index contributed by atoms with van der Waals surface area (Å²) >= 11 is 0. The minimum Gasteiger partial charge on any atom is -0.464 e. The van der Waals surface area contributed by atoms with E-state index in [1.807, 2.05) is 0 Å². The largest absolute Gasteiger partial charge is 0.464 e. The van der Waals surface area contributed by atoms with Crippen LogP contribution in [-0.4, -0.2) is 24.5 Å². The van der Waals surface area contributed by atoms with E-state index in [2.05, 4.69) is 12.2 Å². The molecule has 0 radical (unpaired) electrons. The lowest BCUT2D eigenvalue weighted by Crippen LogP contribution is -2.40. The Balaban J connectivity index is 2.04. The molecule has 0 fully saturated rings. The predicted molar refractivity (Wildman–Crippen MR) is 143 cm³/mol. The predicted octanol–water partition coefficient (Wildman–Crippen LogP) is 9.16. The summed E-state index contributed by atoms with van der Waals surface area (Å²) < 4.78 is 57.5. The maximum absolute atomic E-state index is 13.8. The molecule has 1 amide bonds. The number of carbonyl (C=O) groups excluding carboxylic acids is 2. The second-order valence-corrected chi connectivity index (χ2v) is 10.2. The van der Waals surface area contributed by atoms with Crippen LogP contribution in [0.1, 0.15) is 139 Å². The number of rotatable bonds is 21. The Hall–Kier alpha value is -2.12. The summed E-state index contributed by atoms with van der Waals surface area (Å²) in [5.74, 6) is -2.90. The van der Waals surface area contributed by atoms with Gasteiger partial charge in [0.2, 0.25) is 0 Å². The van der Waals surface area contributed by atoms with Crippen LogP contribution in [0, 0.1) is 5.82 Å². The number of carbonyl (C=O) groups is 2. The molecule has 8 heteroatoms. The maximum Gasteiger partial charge on any atom is 0.416 e. The highest BCUT2D eigenvalue weighted by molar-refractivity contribution is 5.97. The average molecular weight is 546 g/mol. The Kier molecular flexibility index (Phi) is 17.7. The molecule has 218 valence electrons. The first kappa shape index (κ1) is 33.9. The van der Waals surface area contributed by atoms with Gasteiger partial charge in [-0.1, -0.05) is 110 Å². The molecule has 0 saturated heterocycles. The van der Waals surface area contributed by atoms with Crippen molar-refractivity contribution in [3.8, 4) is 0 Å². The Bertz CT molecular complexity index is 798. The Morgan fingerprint density at radius 3 is 1.68 bits per heavy atom. The van der Waals surface area contributed by atoms with Crippen molar-refractivity contribution >= 4 is 11.9 Å². The van der Waals surface area contributed by atoms with Gasteiger partial charge >= 0.3 is 12.1 Å². The molecule has 0 aliphatic carbocycles. The van der Waals surface area contributed by atoms with Crippen LogP contribution >= 0.6 is 0 Å². The van der Waals surface area contributed by atoms with E-state index in [9.17, 15) is 27.2 Å². The zero-order valence-corrected chi connectivity index (χ0v) is 23.3. The SMILES string of the molecule is CCCCCCCCCCCCCCCCCCCOC(=O)C(C)NC(=O)c1cc(C(F)(F)F)ccc1F. The topological polar surface area (TPSA) is 55.4 Å². The van der Waals surface area contributed by atoms with Gasteiger partial charge in [0.15, 0.2) is 0 Å². The van der Waals surface area contributed by atoms with Gasteiger partial charge in [-0.15, -0.1) is 0 Å². The van der Waals surface area contributed by atoms with Crippen LogP contribution in [0.15, 0.2) is 18.2 Å². The number of alkyl halides is 3. The number of nitrogens with one attached hydrogen (secondary N) is 1. The summed E-state index contributed by atoms with van der Waals surface area (Å²) in [4.78, 5) is 24.3. The summed E-state index contributed by atoms with van der Waals surface area (Å²) in [6.45, 7) is 3.80. The van der Waals surface area contributed by atoms with Crippen LogP contribution in [0.3, 0.4) is 0 Å². The van der Waals surface area contributed by atoms with Crippen molar-refractivity contribution in [3.63, 3.8) is 0 Å². The fraction of sp³-hybridized carbons (Fsp3) is 0.733. The van der Waals surface area contributed by atoms with E-state index in [1.165, 1.54) is 90.4 Å². The van der Waals surface area contributed by atoms with E-state index in [0.717, 1.165) is 19.3 Å². The van der Waals surface area contributed by atoms with Gasteiger partial charge in [-0.25, -0.2) is 9.18 Å². The first-order chi connectivity index (χ1) is 18.2. The monoisotopic (exact) mass is 545 g/mol. The van der Waals surface area contributed by atoms with Crippen molar-refractivity contribution in [2.75, 3.05) is 6.61 Å². The van der Waals surface area contributed by atoms with Crippen LogP contribution in [0.25, 0.3) is 0 Å². The van der Waals surface area contributed by atoms with Gasteiger partial charge in [0, 0.05) is 0 Å². The number of unbranched alkanes of at least 4 members (excludes halogenated alkanes) is 16. The van der Waals surface area contributed by atoms with Crippen LogP contribution in [0.5, 0.6) is 0 Å². The van der Waals surface area contributed by atoms with E-state index < -0.39 is 41.0 Å². The Morgan fingerprint density at radius 1 is 0.789 bits per heavy atom. The third kappa shape index (κ3) is 15.3. The zero-order valence-electron chi connectivity index (χ0n) is 23.3. The molecule has 0 saturated carbocycles. The molecule has 0 aliphatic heterocycles. The molecule has 1 atom stereocenters. The van der Waals surface area contributed by atoms with E-state index in [4.69, 9.17) is 4.74 Å². The summed E-state index contributed by atoms with van der Waals surface area (Å²) in [7, 11) is 0. The van der Waals surface area contributed by atoms with Crippen LogP contribution < -0.4 is 5.32 Å². The highest BCUT2D eigenvalue weighted by atomic mass is 19.4. The Labute approximate surface area is 226 Å². The van der Waals surface area contributed by atoms with Crippen LogP contribution in [-0.2, 0) is 15.7 Å². The normalized spacial score (nSPS) is 12.4. The molecule has 0 spiro atoms. The molecule has 4 nitrogen and oxygen atoms in total. The summed E-state index contributed by atoms with van der Waals surface area (Å²) in [6.07, 6.45) is 16.5. The van der Waals surface area contributed by atoms with Gasteiger partial charge in [-0.3, -0.25) is 4.79 Å². The van der Waals surface area contributed by atoms with Gasteiger partial charge in [0.1, 0.15) is 11.9 Å². The van der Waals surface area contributed by atoms with Gasteiger partial charge in [-0.05, 0) is 31.5 Å². The molecule has 1 rings (SSSR count). The first-order valence-corrected chi connectivity index (χ1v) is 14.5. The van der Waals surface area contributed by atoms with Crippen LogP contribution in [0.2, 0.25) is 0 Å². The molecule has 1 unspecified atom stereocenters. The number of halogens is 4. The van der Waals surface area contributed by atoms with Crippen molar-refractivity contribution in [1.82, 2.24) is 5.32 Å². The van der Waals surface area contributed by atoms with Crippen molar-refractivity contribution in [1.29, 1.82) is 0 Å². The molecular weight excluding hydrogens is 498 g/mol. The molecular formula is C30H47F4NO3. The lowest BCUT2D eigenvalue weighted by molar-refractivity contribution is -0.145. The first-order valence-electron chi connectivity index (χ1n) is 14.5. The zero-order chi connectivity index (χ0) is 28.2. The molecule has 1 aromatic rings. The number of amides is 1. The van der Waals surface area contributed by atoms with Gasteiger partial charge < -0.3 is 10.1 Å². The standard InChI is InChI=1S/C30H47F4NO3/c1-3-4-5-6-7-8-9-10-11-12-13-14-15-16-17-18-19-22-38-29(37)24(2)35-28(36)26-23-25(30(32,33)34)20-21-27(26)31/h20-21,23-24H,3-19,22H2,1-2H3,(H,35,36). The van der Waals surface area contributed by atoms with E-state index >= 15 is 0 Å². The summed E-state index contributed by atoms with van der Waals surface area (Å²) in [5, 5.41) is 2.20. The quantitative estimate of drug-likeness (QED) is 0.0952. The number of hydrogen-bond donors (Lipinski definition) is 1. The van der Waals surface area contributed by atoms with Crippen LogP contribution in [0.4, 0.5) is 17.6 Å². The maximum atomic E-state index is 13.8. The third-order valence-corrected chi connectivity index (χ3v) is 6.73. The van der Waals surface area contributed by atoms with E-state index in [0.29, 0.717) is 24.6 Å². The second kappa shape index (κ2) is 19.9. The molecule has 38 heavy (non-hydrogen) atoms. The van der Waals surface area contributed by atoms with E-state index in [-0.39, 0.29) is 6.61 Å². The number of hydrogen-bond acceptors (Lipinski definition) is 3. The lowest BCUT2D eigenvalue weighted by Gasteiger charge is -2.15. The number of esters is 1. The average Bonchev–Trinajstić information content (AvgIpc) is 2.87. The molecule has 0 heterocycles. The summed E-state index contributed by atoms with van der Waals surface area (Å²) in [5.41, 5.74) is -1.91. The highest BCUT2D eigenvalue weighted by Crippen LogP contribution is 2.30. The molecule has 1 aromatic carbocycles. The fourth-order valence-corrected chi connectivity index (χ4v) is 4.33. The number of ether oxygens (including phenoxy) is 1. The van der Waals surface area contributed by atoms with Gasteiger partial charge in [0.05, 0.1) is 17.7 Å². The van der Waals surface area contributed by atoms with Gasteiger partial charge in [0.25, 0.3) is 5.91 Å². The minimum atomic E-state index is -4.71. The lowest BCUT2D eigenvalue weighted by atomic mass is 10.0. The van der Waals surface area contributed by atoms with Crippen molar-refractivity contribution < 1.29 is 31.9 Å². The molecule has 1 N–H and O–H groups in total. The second-order valence-electron chi connectivity index (χ2n) is 10.2. The van der Waals surface area contributed by atoms with Crippen molar-refractivity contribution in [2.45, 2.75) is 135 Å². The smallest absolute Gasteiger partial charge is 0.416 e. The van der Waals surface area contributed by atoms with Crippen molar-refractivity contribution in [2.24, 2.45) is 0 Å². The molecule has 0 aliphatic rings. The van der Waals surface area contributed by atoms with Gasteiger partial charge in [-0.2, -0.15) is 13.2 Å². The van der Waals surface area contributed by atoms with Crippen molar-refractivity contribution in [3.05, 3.63) is 35.1 Å². The minimum absolute atomic E-state index is 0.204. The number of benzene rings is 1. The highest BCUT2D eigenvalue weighted by Gasteiger charge is 2.32. The summed E-state index contributed by atoms with van der Waals surface area (Å²) in [6, 6.07) is 0.462.